The number of nitrogens with one attached hydrogen (secondary N) is 1. The molecule has 0 saturated carbocycles. The monoisotopic (exact) mass is 277 g/mol. The Hall–Kier alpha value is -1.13. The van der Waals surface area contributed by atoms with Gasteiger partial charge in [0.1, 0.15) is 15.9 Å². The Labute approximate surface area is 123 Å². The number of carbonyl (C=O) groups is 2. The van der Waals surface area contributed by atoms with Gasteiger partial charge in [-0.25, -0.2) is 8.42 Å². The van der Waals surface area contributed by atoms with Gasteiger partial charge in [-0.2, -0.15) is 0 Å². The van der Waals surface area contributed by atoms with Crippen molar-refractivity contribution in [3.05, 3.63) is 23.8 Å². The van der Waals surface area contributed by atoms with E-state index in [-0.39, 0.29) is 41.5 Å². The molecule has 1 N–H and O–H groups in total. The minimum Gasteiger partial charge on any atom is -0.744 e. The summed E-state index contributed by atoms with van der Waals surface area (Å²) in [4.78, 5) is 21.7. The normalized spacial score (nSPS) is 10.5. The first-order valence-corrected chi connectivity index (χ1v) is 6.47. The third kappa shape index (κ3) is 5.57. The van der Waals surface area contributed by atoms with Crippen LogP contribution < -0.4 is 24.2 Å². The van der Waals surface area contributed by atoms with Crippen LogP contribution in [0.4, 0.5) is 5.69 Å². The van der Waals surface area contributed by atoms with E-state index in [4.69, 9.17) is 0 Å². The van der Waals surface area contributed by atoms with E-state index in [0.717, 1.165) is 6.07 Å². The van der Waals surface area contributed by atoms with Gasteiger partial charge >= 0.3 is 18.9 Å². The van der Waals surface area contributed by atoms with Gasteiger partial charge in [0, 0.05) is 5.69 Å². The summed E-state index contributed by atoms with van der Waals surface area (Å²) in [6.07, 6.45) is -0.249. The average molecular weight is 277 g/mol. The molecule has 0 fully saturated rings. The number of carbonyl (C=O) groups excluding carboxylic acids is 2. The second-order valence-corrected chi connectivity index (χ2v) is 5.21. The summed E-state index contributed by atoms with van der Waals surface area (Å²) in [6.45, 7) is 2.74. The summed E-state index contributed by atoms with van der Waals surface area (Å²) in [5.41, 5.74) is 0.580. The van der Waals surface area contributed by atoms with E-state index in [2.05, 4.69) is 5.32 Å². The standard InChI is InChI=1S/C11H13NO5S.Li/c1-7-5-9(12-11(14)6-8(2)13)3-4-10(7)18(15,16)17;/h3-5H,6H2,1-2H3,(H,12,14)(H,15,16,17);/q;+1/p-1. The first-order chi connectivity index (χ1) is 8.20. The van der Waals surface area contributed by atoms with Crippen LogP contribution in [0.15, 0.2) is 23.1 Å². The van der Waals surface area contributed by atoms with E-state index in [1.807, 2.05) is 0 Å². The van der Waals surface area contributed by atoms with E-state index in [1.54, 1.807) is 0 Å². The van der Waals surface area contributed by atoms with Gasteiger partial charge in [-0.05, 0) is 37.6 Å². The number of Topliss-reactive ketones (excluding diaryl/α,β-unsaturated/α-hetero) is 1. The molecule has 1 aromatic rings. The van der Waals surface area contributed by atoms with Crippen molar-refractivity contribution in [2.45, 2.75) is 25.2 Å². The van der Waals surface area contributed by atoms with Crippen LogP contribution in [0.2, 0.25) is 0 Å². The van der Waals surface area contributed by atoms with Crippen LogP contribution in [0.5, 0.6) is 0 Å². The Morgan fingerprint density at radius 3 is 2.32 bits per heavy atom. The smallest absolute Gasteiger partial charge is 0.744 e. The number of ketones is 1. The van der Waals surface area contributed by atoms with Gasteiger partial charge in [-0.3, -0.25) is 9.59 Å². The van der Waals surface area contributed by atoms with Crippen molar-refractivity contribution in [3.63, 3.8) is 0 Å². The van der Waals surface area contributed by atoms with Crippen molar-refractivity contribution < 1.29 is 41.4 Å². The summed E-state index contributed by atoms with van der Waals surface area (Å²) in [5, 5.41) is 2.44. The molecule has 0 aliphatic carbocycles. The topological polar surface area (TPSA) is 103 Å². The summed E-state index contributed by atoms with van der Waals surface area (Å²) in [5.74, 6) is -0.761. The number of rotatable bonds is 4. The van der Waals surface area contributed by atoms with Gasteiger partial charge in [0.25, 0.3) is 0 Å². The molecule has 1 aromatic carbocycles. The number of amides is 1. The van der Waals surface area contributed by atoms with Gasteiger partial charge in [0.2, 0.25) is 5.91 Å². The first-order valence-electron chi connectivity index (χ1n) is 5.06. The third-order valence-electron chi connectivity index (χ3n) is 2.14. The Balaban J connectivity index is 0.00000324. The maximum absolute atomic E-state index is 11.3. The second kappa shape index (κ2) is 6.87. The molecule has 1 rings (SSSR count). The van der Waals surface area contributed by atoms with Gasteiger partial charge in [-0.1, -0.05) is 0 Å². The van der Waals surface area contributed by atoms with E-state index >= 15 is 0 Å². The largest absolute Gasteiger partial charge is 1.00 e. The Morgan fingerprint density at radius 2 is 1.89 bits per heavy atom. The summed E-state index contributed by atoms with van der Waals surface area (Å²) < 4.78 is 32.5. The zero-order chi connectivity index (χ0) is 13.9. The zero-order valence-corrected chi connectivity index (χ0v) is 11.7. The molecule has 98 valence electrons. The molecule has 0 radical (unpaired) electrons. The molecular formula is C11H12LiNO5S. The van der Waals surface area contributed by atoms with E-state index in [0.29, 0.717) is 5.69 Å². The molecule has 0 unspecified atom stereocenters. The first kappa shape index (κ1) is 17.9. The molecule has 1 amide bonds. The van der Waals surface area contributed by atoms with Crippen molar-refractivity contribution in [2.75, 3.05) is 5.32 Å². The van der Waals surface area contributed by atoms with Crippen LogP contribution >= 0.6 is 0 Å². The Kier molecular flexibility index (Phi) is 6.46. The molecule has 6 nitrogen and oxygen atoms in total. The second-order valence-electron chi connectivity index (χ2n) is 3.86. The van der Waals surface area contributed by atoms with Gasteiger partial charge in [0.15, 0.2) is 0 Å². The molecule has 0 atom stereocenters. The number of benzene rings is 1. The fraction of sp³-hybridized carbons (Fsp3) is 0.273. The van der Waals surface area contributed by atoms with Crippen molar-refractivity contribution >= 4 is 27.5 Å². The van der Waals surface area contributed by atoms with E-state index in [9.17, 15) is 22.6 Å². The van der Waals surface area contributed by atoms with Crippen LogP contribution in [0.3, 0.4) is 0 Å². The number of hydrogen-bond donors (Lipinski definition) is 1. The predicted octanol–water partition coefficient (Wildman–Crippen LogP) is -2.18. The van der Waals surface area contributed by atoms with Crippen LogP contribution in [-0.2, 0) is 19.7 Å². The number of aryl methyl sites for hydroxylation is 1. The maximum atomic E-state index is 11.3. The molecule has 0 heterocycles. The quantitative estimate of drug-likeness (QED) is 0.383. The van der Waals surface area contributed by atoms with Crippen molar-refractivity contribution in [2.24, 2.45) is 0 Å². The minimum atomic E-state index is -4.51. The number of anilines is 1. The summed E-state index contributed by atoms with van der Waals surface area (Å²) >= 11 is 0. The molecule has 0 aromatic heterocycles. The van der Waals surface area contributed by atoms with Crippen LogP contribution in [0.25, 0.3) is 0 Å². The molecule has 0 aliphatic heterocycles. The molecule has 19 heavy (non-hydrogen) atoms. The zero-order valence-electron chi connectivity index (χ0n) is 10.9. The maximum Gasteiger partial charge on any atom is 1.00 e. The average Bonchev–Trinajstić information content (AvgIpc) is 2.13. The summed E-state index contributed by atoms with van der Waals surface area (Å²) in [7, 11) is -4.51. The summed E-state index contributed by atoms with van der Waals surface area (Å²) in [6, 6.07) is 3.79. The van der Waals surface area contributed by atoms with Crippen molar-refractivity contribution in [1.82, 2.24) is 0 Å². The van der Waals surface area contributed by atoms with Crippen molar-refractivity contribution in [3.8, 4) is 0 Å². The number of hydrogen-bond acceptors (Lipinski definition) is 5. The molecule has 0 saturated heterocycles. The fourth-order valence-corrected chi connectivity index (χ4v) is 2.13. The minimum absolute atomic E-state index is 0. The van der Waals surface area contributed by atoms with Gasteiger partial charge in [0.05, 0.1) is 11.3 Å². The molecule has 0 aliphatic rings. The van der Waals surface area contributed by atoms with E-state index < -0.39 is 16.0 Å². The molecular weight excluding hydrogens is 265 g/mol. The molecule has 8 heteroatoms. The predicted molar refractivity (Wildman–Crippen MR) is 63.1 cm³/mol. The Morgan fingerprint density at radius 1 is 1.32 bits per heavy atom. The van der Waals surface area contributed by atoms with Crippen LogP contribution in [0.1, 0.15) is 18.9 Å². The van der Waals surface area contributed by atoms with Gasteiger partial charge < -0.3 is 9.87 Å². The Bertz CT molecular complexity index is 597. The third-order valence-corrected chi connectivity index (χ3v) is 3.13. The molecule has 0 spiro atoms. The van der Waals surface area contributed by atoms with Crippen LogP contribution in [0, 0.1) is 6.92 Å². The van der Waals surface area contributed by atoms with E-state index in [1.165, 1.54) is 26.0 Å². The van der Waals surface area contributed by atoms with Crippen LogP contribution in [-0.4, -0.2) is 24.7 Å². The molecule has 0 bridgehead atoms. The SMILES string of the molecule is CC(=O)CC(=O)Nc1ccc(S(=O)(=O)[O-])c(C)c1.[Li+]. The van der Waals surface area contributed by atoms with Crippen molar-refractivity contribution in [1.29, 1.82) is 0 Å². The van der Waals surface area contributed by atoms with Gasteiger partial charge in [-0.15, -0.1) is 0 Å². The fourth-order valence-electron chi connectivity index (χ4n) is 1.44.